The highest BCUT2D eigenvalue weighted by atomic mass is 16.7. The van der Waals surface area contributed by atoms with E-state index in [2.05, 4.69) is 20.6 Å². The topological polar surface area (TPSA) is 150 Å². The Kier molecular flexibility index (Phi) is 4.57. The zero-order valence-electron chi connectivity index (χ0n) is 16.0. The first kappa shape index (κ1) is 18.9. The summed E-state index contributed by atoms with van der Waals surface area (Å²) >= 11 is 0. The quantitative estimate of drug-likeness (QED) is 0.505. The maximum atomic E-state index is 12.3. The molecule has 2 aromatic rings. The molecule has 3 aliphatic rings. The van der Waals surface area contributed by atoms with Gasteiger partial charge in [0.05, 0.1) is 6.61 Å². The SMILES string of the molecule is CC(=O)O[C@@H]1[C@@H]2Nc3c(nc(N)[nH]c3=O)N[C@@H]2O[C@@H]2COC(c3ccccc3)O[C@H]12. The molecule has 11 heteroatoms. The van der Waals surface area contributed by atoms with E-state index in [1.807, 2.05) is 30.3 Å². The third-order valence-electron chi connectivity index (χ3n) is 5.29. The molecule has 0 saturated carbocycles. The number of anilines is 3. The van der Waals surface area contributed by atoms with Gasteiger partial charge >= 0.3 is 5.97 Å². The number of carbonyl (C=O) groups is 1. The Morgan fingerprint density at radius 2 is 2.03 bits per heavy atom. The molecule has 0 bridgehead atoms. The number of rotatable bonds is 2. The number of fused-ring (bicyclic) bond motifs is 3. The maximum Gasteiger partial charge on any atom is 0.303 e. The van der Waals surface area contributed by atoms with Gasteiger partial charge in [-0.05, 0) is 0 Å². The summed E-state index contributed by atoms with van der Waals surface area (Å²) in [5.74, 6) is -0.230. The van der Waals surface area contributed by atoms with Crippen LogP contribution in [0.4, 0.5) is 17.5 Å². The van der Waals surface area contributed by atoms with Crippen molar-refractivity contribution in [3.8, 4) is 0 Å². The Balaban J connectivity index is 1.47. The van der Waals surface area contributed by atoms with Crippen molar-refractivity contribution in [1.29, 1.82) is 0 Å². The number of nitrogens with one attached hydrogen (secondary N) is 3. The fourth-order valence-electron chi connectivity index (χ4n) is 4.03. The molecule has 158 valence electrons. The summed E-state index contributed by atoms with van der Waals surface area (Å²) in [6.45, 7) is 1.57. The van der Waals surface area contributed by atoms with Gasteiger partial charge in [-0.15, -0.1) is 0 Å². The van der Waals surface area contributed by atoms with E-state index in [9.17, 15) is 9.59 Å². The molecule has 6 atom stereocenters. The summed E-state index contributed by atoms with van der Waals surface area (Å²) in [7, 11) is 0. The Labute approximate surface area is 170 Å². The van der Waals surface area contributed by atoms with Crippen molar-refractivity contribution < 1.29 is 23.7 Å². The summed E-state index contributed by atoms with van der Waals surface area (Å²) in [4.78, 5) is 30.8. The molecule has 4 heterocycles. The average Bonchev–Trinajstić information content (AvgIpc) is 2.72. The Bertz CT molecular complexity index is 1010. The van der Waals surface area contributed by atoms with Gasteiger partial charge in [-0.1, -0.05) is 30.3 Å². The lowest BCUT2D eigenvalue weighted by molar-refractivity contribution is -0.311. The van der Waals surface area contributed by atoms with E-state index >= 15 is 0 Å². The molecule has 0 radical (unpaired) electrons. The normalized spacial score (nSPS) is 31.9. The van der Waals surface area contributed by atoms with Gasteiger partial charge in [-0.3, -0.25) is 14.6 Å². The molecule has 30 heavy (non-hydrogen) atoms. The van der Waals surface area contributed by atoms with Crippen LogP contribution in [0.2, 0.25) is 0 Å². The van der Waals surface area contributed by atoms with E-state index in [1.54, 1.807) is 0 Å². The molecular weight excluding hydrogens is 394 g/mol. The predicted octanol–water partition coefficient (Wildman–Crippen LogP) is 0.329. The standard InChI is InChI=1S/C19H21N5O6/c1-8(25)28-14-11-17(22-15-12(21-11)16(26)24-19(20)23-15)29-10-7-27-18(30-13(10)14)9-5-3-2-4-6-9/h2-6,10-11,13-14,17-18,21H,7H2,1H3,(H4,20,22,23,24,26)/t10-,11+,13+,14-,17-,18?/m1/s1. The molecule has 0 amide bonds. The summed E-state index contributed by atoms with van der Waals surface area (Å²) in [6.07, 6.45) is -3.10. The van der Waals surface area contributed by atoms with Crippen LogP contribution >= 0.6 is 0 Å². The minimum atomic E-state index is -0.737. The lowest BCUT2D eigenvalue weighted by Gasteiger charge is -2.50. The van der Waals surface area contributed by atoms with Gasteiger partial charge in [-0.25, -0.2) is 0 Å². The average molecular weight is 415 g/mol. The smallest absolute Gasteiger partial charge is 0.303 e. The number of H-pyrrole nitrogens is 1. The number of aromatic amines is 1. The van der Waals surface area contributed by atoms with Crippen LogP contribution in [0.3, 0.4) is 0 Å². The third kappa shape index (κ3) is 3.26. The van der Waals surface area contributed by atoms with Crippen LogP contribution in [0.5, 0.6) is 0 Å². The zero-order valence-corrected chi connectivity index (χ0v) is 16.0. The first-order valence-corrected chi connectivity index (χ1v) is 9.57. The van der Waals surface area contributed by atoms with E-state index in [4.69, 9.17) is 24.7 Å². The van der Waals surface area contributed by atoms with E-state index in [-0.39, 0.29) is 24.1 Å². The minimum absolute atomic E-state index is 0.0215. The first-order valence-electron chi connectivity index (χ1n) is 9.57. The van der Waals surface area contributed by atoms with E-state index in [0.717, 1.165) is 5.56 Å². The largest absolute Gasteiger partial charge is 0.457 e. The monoisotopic (exact) mass is 415 g/mol. The Hall–Kier alpha value is -3.15. The van der Waals surface area contributed by atoms with Crippen LogP contribution in [-0.4, -0.2) is 53.1 Å². The summed E-state index contributed by atoms with van der Waals surface area (Å²) in [5, 5.41) is 6.15. The van der Waals surface area contributed by atoms with Gasteiger partial charge in [0.1, 0.15) is 23.9 Å². The molecule has 5 N–H and O–H groups in total. The van der Waals surface area contributed by atoms with E-state index in [0.29, 0.717) is 0 Å². The number of nitrogens with two attached hydrogens (primary N) is 1. The van der Waals surface area contributed by atoms with Crippen LogP contribution in [0.25, 0.3) is 0 Å². The van der Waals surface area contributed by atoms with E-state index in [1.165, 1.54) is 6.92 Å². The van der Waals surface area contributed by atoms with Crippen molar-refractivity contribution in [1.82, 2.24) is 9.97 Å². The maximum absolute atomic E-state index is 12.3. The van der Waals surface area contributed by atoms with Crippen molar-refractivity contribution in [3.63, 3.8) is 0 Å². The van der Waals surface area contributed by atoms with Crippen molar-refractivity contribution in [2.24, 2.45) is 0 Å². The summed E-state index contributed by atoms with van der Waals surface area (Å²) in [5.41, 5.74) is 6.23. The fraction of sp³-hybridized carbons (Fsp3) is 0.421. The fourth-order valence-corrected chi connectivity index (χ4v) is 4.03. The molecule has 0 spiro atoms. The number of nitrogens with zero attached hydrogens (tertiary/aromatic N) is 1. The van der Waals surface area contributed by atoms with Crippen molar-refractivity contribution in [2.45, 2.75) is 43.8 Å². The molecule has 1 unspecified atom stereocenters. The lowest BCUT2D eigenvalue weighted by Crippen LogP contribution is -2.67. The van der Waals surface area contributed by atoms with Crippen LogP contribution < -0.4 is 21.9 Å². The van der Waals surface area contributed by atoms with Gasteiger partial charge in [-0.2, -0.15) is 4.98 Å². The molecule has 3 aliphatic heterocycles. The number of nitrogen functional groups attached to an aromatic ring is 1. The van der Waals surface area contributed by atoms with Crippen LogP contribution in [0.1, 0.15) is 18.8 Å². The van der Waals surface area contributed by atoms with Gasteiger partial charge in [0.2, 0.25) is 5.95 Å². The number of aromatic nitrogens is 2. The Morgan fingerprint density at radius 3 is 2.80 bits per heavy atom. The molecular formula is C19H21N5O6. The molecule has 2 fully saturated rings. The summed E-state index contributed by atoms with van der Waals surface area (Å²) in [6, 6.07) is 8.87. The third-order valence-corrected chi connectivity index (χ3v) is 5.29. The minimum Gasteiger partial charge on any atom is -0.457 e. The number of ether oxygens (including phenoxy) is 4. The van der Waals surface area contributed by atoms with E-state index < -0.39 is 48.4 Å². The first-order chi connectivity index (χ1) is 14.5. The lowest BCUT2D eigenvalue weighted by atomic mass is 9.93. The van der Waals surface area contributed by atoms with Gasteiger partial charge < -0.3 is 35.3 Å². The highest BCUT2D eigenvalue weighted by Gasteiger charge is 2.53. The number of carbonyl (C=O) groups excluding carboxylic acids is 1. The number of esters is 1. The number of hydrogen-bond donors (Lipinski definition) is 4. The molecule has 11 nitrogen and oxygen atoms in total. The number of benzene rings is 1. The molecule has 0 aliphatic carbocycles. The second-order valence-corrected chi connectivity index (χ2v) is 7.34. The Morgan fingerprint density at radius 1 is 1.23 bits per heavy atom. The van der Waals surface area contributed by atoms with Gasteiger partial charge in [0.25, 0.3) is 5.56 Å². The molecule has 1 aromatic carbocycles. The van der Waals surface area contributed by atoms with Gasteiger partial charge in [0.15, 0.2) is 24.4 Å². The van der Waals surface area contributed by atoms with Crippen molar-refractivity contribution in [3.05, 3.63) is 46.2 Å². The molecule has 1 aromatic heterocycles. The summed E-state index contributed by atoms with van der Waals surface area (Å²) < 4.78 is 23.8. The second-order valence-electron chi connectivity index (χ2n) is 7.34. The highest BCUT2D eigenvalue weighted by molar-refractivity contribution is 5.69. The van der Waals surface area contributed by atoms with Crippen LogP contribution in [-0.2, 0) is 23.7 Å². The van der Waals surface area contributed by atoms with Crippen molar-refractivity contribution >= 4 is 23.4 Å². The second kappa shape index (κ2) is 7.27. The van der Waals surface area contributed by atoms with Crippen molar-refractivity contribution in [2.75, 3.05) is 23.0 Å². The van der Waals surface area contributed by atoms with Crippen LogP contribution in [0, 0.1) is 0 Å². The number of hydrogen-bond acceptors (Lipinski definition) is 10. The highest BCUT2D eigenvalue weighted by Crippen LogP contribution is 2.38. The molecule has 5 rings (SSSR count). The molecule has 2 saturated heterocycles. The van der Waals surface area contributed by atoms with Gasteiger partial charge in [0, 0.05) is 12.5 Å². The predicted molar refractivity (Wildman–Crippen MR) is 105 cm³/mol. The zero-order chi connectivity index (χ0) is 20.8. The van der Waals surface area contributed by atoms with Crippen LogP contribution in [0.15, 0.2) is 35.1 Å².